The molecule has 4 heterocycles. The number of nitrogens with zero attached hydrogens (tertiary/aromatic N) is 4. The Morgan fingerprint density at radius 3 is 1.63 bits per heavy atom. The lowest BCUT2D eigenvalue weighted by atomic mass is 9.87. The number of halogens is 3. The molecule has 0 bridgehead atoms. The van der Waals surface area contributed by atoms with Crippen LogP contribution in [0.4, 0.5) is 0 Å². The highest BCUT2D eigenvalue weighted by Crippen LogP contribution is 2.32. The van der Waals surface area contributed by atoms with Gasteiger partial charge < -0.3 is 15.7 Å². The van der Waals surface area contributed by atoms with Crippen LogP contribution in [0.3, 0.4) is 0 Å². The second kappa shape index (κ2) is 14.2. The Labute approximate surface area is 237 Å². The van der Waals surface area contributed by atoms with Gasteiger partial charge in [0, 0.05) is 30.5 Å². The molecule has 0 atom stereocenters. The van der Waals surface area contributed by atoms with Gasteiger partial charge in [-0.15, -0.1) is 35.6 Å². The Kier molecular flexibility index (Phi) is 11.3. The number of hydrogen-bond acceptors (Lipinski definition) is 5. The molecule has 6 rings (SSSR count). The normalized spacial score (nSPS) is 23.1. The molecule has 4 aromatic heterocycles. The molecule has 2 saturated carbocycles. The van der Waals surface area contributed by atoms with Crippen LogP contribution in [0.2, 0.25) is 0 Å². The molecule has 4 N–H and O–H groups in total. The number of rotatable bonds is 2. The Balaban J connectivity index is 0.000000187. The summed E-state index contributed by atoms with van der Waals surface area (Å²) in [6.07, 6.45) is 15.5. The molecule has 2 aliphatic carbocycles. The van der Waals surface area contributed by atoms with Crippen LogP contribution in [0.25, 0.3) is 22.1 Å². The van der Waals surface area contributed by atoms with Gasteiger partial charge in [0.15, 0.2) is 0 Å². The molecule has 208 valence electrons. The smallest absolute Gasteiger partial charge is 0.326 e. The van der Waals surface area contributed by atoms with Crippen LogP contribution in [0.5, 0.6) is 0 Å². The summed E-state index contributed by atoms with van der Waals surface area (Å²) < 4.78 is 3.78. The molecule has 4 aromatic rings. The second-order valence-electron chi connectivity index (χ2n) is 9.97. The van der Waals surface area contributed by atoms with E-state index < -0.39 is 0 Å². The number of aromatic nitrogens is 6. The molecule has 0 aliphatic heterocycles. The van der Waals surface area contributed by atoms with Gasteiger partial charge >= 0.3 is 11.4 Å². The maximum atomic E-state index is 12.0. The average Bonchev–Trinajstić information content (AvgIpc) is 3.41. The van der Waals surface area contributed by atoms with Crippen LogP contribution < -0.4 is 17.1 Å². The molecule has 0 saturated heterocycles. The van der Waals surface area contributed by atoms with E-state index in [4.69, 9.17) is 28.9 Å². The van der Waals surface area contributed by atoms with Gasteiger partial charge in [-0.3, -0.25) is 19.1 Å². The number of hydrogen-bond donors (Lipinski definition) is 3. The van der Waals surface area contributed by atoms with E-state index in [2.05, 4.69) is 26.9 Å². The Bertz CT molecular complexity index is 1290. The Morgan fingerprint density at radius 2 is 1.21 bits per heavy atom. The van der Waals surface area contributed by atoms with Crippen molar-refractivity contribution >= 4 is 57.7 Å². The molecule has 0 unspecified atom stereocenters. The van der Waals surface area contributed by atoms with Crippen LogP contribution in [-0.4, -0.2) is 40.5 Å². The molecule has 38 heavy (non-hydrogen) atoms. The van der Waals surface area contributed by atoms with Gasteiger partial charge in [-0.25, -0.2) is 9.59 Å². The largest absolute Gasteiger partial charge is 0.328 e. The number of fused-ring (bicyclic) bond motifs is 2. The number of alkyl halides is 2. The molecule has 0 radical (unpaired) electrons. The summed E-state index contributed by atoms with van der Waals surface area (Å²) in [7, 11) is 0. The molecule has 0 amide bonds. The molecule has 2 fully saturated rings. The Hall–Kier alpha value is -2.33. The number of H-pyrrole nitrogens is 2. The van der Waals surface area contributed by atoms with Crippen LogP contribution >= 0.6 is 35.6 Å². The zero-order valence-electron chi connectivity index (χ0n) is 21.5. The first-order valence-electron chi connectivity index (χ1n) is 12.9. The predicted octanol–water partition coefficient (Wildman–Crippen LogP) is 5.49. The fourth-order valence-corrected chi connectivity index (χ4v) is 5.54. The van der Waals surface area contributed by atoms with Crippen molar-refractivity contribution in [2.45, 2.75) is 76.4 Å². The maximum absolute atomic E-state index is 12.0. The van der Waals surface area contributed by atoms with E-state index in [-0.39, 0.29) is 35.2 Å². The van der Waals surface area contributed by atoms with Crippen molar-refractivity contribution in [1.82, 2.24) is 29.1 Å². The summed E-state index contributed by atoms with van der Waals surface area (Å²) in [6.45, 7) is 2.29. The third kappa shape index (κ3) is 7.00. The van der Waals surface area contributed by atoms with Crippen LogP contribution in [0.1, 0.15) is 70.4 Å². The van der Waals surface area contributed by atoms with Gasteiger partial charge in [-0.2, -0.15) is 0 Å². The van der Waals surface area contributed by atoms with E-state index in [1.165, 1.54) is 12.8 Å². The number of aromatic amines is 2. The summed E-state index contributed by atoms with van der Waals surface area (Å²) in [6, 6.07) is 4.75. The third-order valence-corrected chi connectivity index (χ3v) is 7.49. The van der Waals surface area contributed by atoms with E-state index in [1.807, 2.05) is 21.3 Å². The topological polar surface area (TPSA) is 127 Å². The monoisotopic (exact) mass is 583 g/mol. The zero-order chi connectivity index (χ0) is 26.4. The van der Waals surface area contributed by atoms with E-state index in [1.54, 1.807) is 24.8 Å². The highest BCUT2D eigenvalue weighted by Gasteiger charge is 2.24. The number of nitrogens with one attached hydrogen (secondary N) is 2. The van der Waals surface area contributed by atoms with Gasteiger partial charge in [0.2, 0.25) is 0 Å². The van der Waals surface area contributed by atoms with E-state index in [9.17, 15) is 9.59 Å². The van der Waals surface area contributed by atoms with Crippen LogP contribution in [0, 0.1) is 5.92 Å². The van der Waals surface area contributed by atoms with Gasteiger partial charge in [0.25, 0.3) is 0 Å². The van der Waals surface area contributed by atoms with Crippen LogP contribution in [-0.2, 0) is 0 Å². The molecule has 0 spiro atoms. The van der Waals surface area contributed by atoms with Crippen LogP contribution in [0.15, 0.2) is 46.5 Å². The predicted molar refractivity (Wildman–Crippen MR) is 157 cm³/mol. The molecule has 0 aromatic carbocycles. The first kappa shape index (κ1) is 30.2. The van der Waals surface area contributed by atoms with Crippen molar-refractivity contribution in [3.05, 3.63) is 57.9 Å². The lowest BCUT2D eigenvalue weighted by molar-refractivity contribution is 0.290. The molecular weight excluding hydrogens is 549 g/mol. The first-order chi connectivity index (χ1) is 17.9. The summed E-state index contributed by atoms with van der Waals surface area (Å²) in [4.78, 5) is 37.8. The number of nitrogens with two attached hydrogens (primary N) is 1. The van der Waals surface area contributed by atoms with Gasteiger partial charge in [0.05, 0.1) is 39.8 Å². The fraction of sp³-hybridized carbons (Fsp3) is 0.538. The van der Waals surface area contributed by atoms with Gasteiger partial charge in [-0.05, 0) is 69.4 Å². The summed E-state index contributed by atoms with van der Waals surface area (Å²) in [5.74, 6) is 0.800. The zero-order valence-corrected chi connectivity index (χ0v) is 23.8. The highest BCUT2D eigenvalue weighted by molar-refractivity contribution is 6.40. The molecule has 2 aliphatic rings. The van der Waals surface area contributed by atoms with Crippen molar-refractivity contribution in [2.75, 3.05) is 5.34 Å². The van der Waals surface area contributed by atoms with E-state index in [0.717, 1.165) is 66.5 Å². The molecule has 12 heteroatoms. The van der Waals surface area contributed by atoms with Crippen molar-refractivity contribution in [1.29, 1.82) is 0 Å². The second-order valence-corrected chi connectivity index (χ2v) is 10.8. The minimum atomic E-state index is -0.0338. The highest BCUT2D eigenvalue weighted by atomic mass is 35.5. The quantitative estimate of drug-likeness (QED) is 0.269. The minimum absolute atomic E-state index is 0. The lowest BCUT2D eigenvalue weighted by Gasteiger charge is -2.27. The first-order valence-corrected chi connectivity index (χ1v) is 14.0. The standard InChI is InChI=1S/C13H17N3O.C12H16N4O.CH2Cl2.ClH/c1-9-2-4-10(5-3-9)16-12-6-7-14-8-11(12)15-13(16)17;13-8-1-3-9(4-2-8)16-11-5-6-14-7-10(11)15-12(16)17;2-1-3;/h6-10H,2-5H2,1H3,(H,15,17);5-9H,1-4,13H2,(H,15,17);1H2;1H. The van der Waals surface area contributed by atoms with Gasteiger partial charge in [0.1, 0.15) is 0 Å². The third-order valence-electron chi connectivity index (χ3n) is 7.49. The van der Waals surface area contributed by atoms with Crippen molar-refractivity contribution < 1.29 is 0 Å². The van der Waals surface area contributed by atoms with Crippen molar-refractivity contribution in [3.8, 4) is 0 Å². The summed E-state index contributed by atoms with van der Waals surface area (Å²) >= 11 is 9.53. The lowest BCUT2D eigenvalue weighted by Crippen LogP contribution is -2.31. The summed E-state index contributed by atoms with van der Waals surface area (Å²) in [5, 5.41) is 0.194. The van der Waals surface area contributed by atoms with Crippen molar-refractivity contribution in [2.24, 2.45) is 11.7 Å². The Morgan fingerprint density at radius 1 is 0.816 bits per heavy atom. The molecular formula is C26H36Cl3N7O2. The number of imidazole rings is 2. The maximum Gasteiger partial charge on any atom is 0.326 e. The number of pyridine rings is 2. The van der Waals surface area contributed by atoms with Gasteiger partial charge in [-0.1, -0.05) is 6.92 Å². The van der Waals surface area contributed by atoms with E-state index in [0.29, 0.717) is 12.1 Å². The summed E-state index contributed by atoms with van der Waals surface area (Å²) in [5.41, 5.74) is 9.46. The average molecular weight is 585 g/mol. The SMILES string of the molecule is CC1CCC(n2c(=O)[nH]c3cnccc32)CC1.Cl.ClCCl.NC1CCC(n2c(=O)[nH]c3cnccc32)CC1. The van der Waals surface area contributed by atoms with Crippen molar-refractivity contribution in [3.63, 3.8) is 0 Å². The molecule has 9 nitrogen and oxygen atoms in total. The minimum Gasteiger partial charge on any atom is -0.328 e. The fourth-order valence-electron chi connectivity index (χ4n) is 5.54. The van der Waals surface area contributed by atoms with E-state index >= 15 is 0 Å².